The lowest BCUT2D eigenvalue weighted by Crippen LogP contribution is -2.04. The number of hydrogen-bond donors (Lipinski definition) is 1. The van der Waals surface area contributed by atoms with Crippen molar-refractivity contribution in [3.05, 3.63) is 29.1 Å². The predicted octanol–water partition coefficient (Wildman–Crippen LogP) is 3.42. The van der Waals surface area contributed by atoms with Gasteiger partial charge in [-0.25, -0.2) is 0 Å². The van der Waals surface area contributed by atoms with Crippen LogP contribution in [0.2, 0.25) is 0 Å². The molecule has 0 saturated carbocycles. The van der Waals surface area contributed by atoms with Crippen LogP contribution in [-0.4, -0.2) is 16.7 Å². The zero-order chi connectivity index (χ0) is 14.7. The molecule has 0 aliphatic heterocycles. The number of nitrogens with two attached hydrogens (primary N) is 1. The largest absolute Gasteiger partial charge is 0.399 e. The third-order valence-electron chi connectivity index (χ3n) is 3.39. The van der Waals surface area contributed by atoms with E-state index in [1.807, 2.05) is 39.8 Å². The first-order valence-electron chi connectivity index (χ1n) is 6.89. The van der Waals surface area contributed by atoms with E-state index < -0.39 is 0 Å². The SMILES string of the molecule is CCOC(CC)c1noc(-c2cc(N)cc(C)c2C)n1. The quantitative estimate of drug-likeness (QED) is 0.846. The maximum Gasteiger partial charge on any atom is 0.258 e. The van der Waals surface area contributed by atoms with Gasteiger partial charge in [-0.05, 0) is 50.5 Å². The van der Waals surface area contributed by atoms with E-state index in [1.165, 1.54) is 0 Å². The van der Waals surface area contributed by atoms with Gasteiger partial charge in [0.05, 0.1) is 0 Å². The summed E-state index contributed by atoms with van der Waals surface area (Å²) in [5.74, 6) is 1.08. The van der Waals surface area contributed by atoms with Crippen molar-refractivity contribution in [2.24, 2.45) is 0 Å². The third kappa shape index (κ3) is 2.82. The molecule has 5 nitrogen and oxygen atoms in total. The Morgan fingerprint density at radius 2 is 2.05 bits per heavy atom. The molecular weight excluding hydrogens is 254 g/mol. The van der Waals surface area contributed by atoms with E-state index in [-0.39, 0.29) is 6.10 Å². The number of anilines is 1. The number of aryl methyl sites for hydroxylation is 1. The van der Waals surface area contributed by atoms with Crippen molar-refractivity contribution in [2.75, 3.05) is 12.3 Å². The molecule has 2 rings (SSSR count). The van der Waals surface area contributed by atoms with Crippen LogP contribution in [0.3, 0.4) is 0 Å². The number of ether oxygens (including phenoxy) is 1. The molecule has 20 heavy (non-hydrogen) atoms. The van der Waals surface area contributed by atoms with Crippen LogP contribution < -0.4 is 5.73 Å². The summed E-state index contributed by atoms with van der Waals surface area (Å²) in [4.78, 5) is 4.46. The fourth-order valence-corrected chi connectivity index (χ4v) is 2.16. The van der Waals surface area contributed by atoms with E-state index in [4.69, 9.17) is 15.0 Å². The molecule has 0 spiro atoms. The van der Waals surface area contributed by atoms with E-state index in [1.54, 1.807) is 0 Å². The van der Waals surface area contributed by atoms with Gasteiger partial charge in [0.1, 0.15) is 6.10 Å². The van der Waals surface area contributed by atoms with Gasteiger partial charge in [0.2, 0.25) is 5.82 Å². The molecule has 0 radical (unpaired) electrons. The Bertz CT molecular complexity index is 593. The van der Waals surface area contributed by atoms with E-state index in [9.17, 15) is 0 Å². The smallest absolute Gasteiger partial charge is 0.258 e. The Hall–Kier alpha value is -1.88. The first-order valence-corrected chi connectivity index (χ1v) is 6.89. The van der Waals surface area contributed by atoms with E-state index in [0.29, 0.717) is 24.0 Å². The fourth-order valence-electron chi connectivity index (χ4n) is 2.16. The summed E-state index contributed by atoms with van der Waals surface area (Å²) in [6, 6.07) is 3.80. The van der Waals surface area contributed by atoms with Gasteiger partial charge in [-0.3, -0.25) is 0 Å². The van der Waals surface area contributed by atoms with Gasteiger partial charge in [-0.15, -0.1) is 0 Å². The number of nitrogen functional groups attached to an aromatic ring is 1. The van der Waals surface area contributed by atoms with Crippen LogP contribution in [0.25, 0.3) is 11.5 Å². The Kier molecular flexibility index (Phi) is 4.39. The van der Waals surface area contributed by atoms with E-state index >= 15 is 0 Å². The summed E-state index contributed by atoms with van der Waals surface area (Å²) in [5.41, 5.74) is 9.67. The molecule has 1 aromatic heterocycles. The summed E-state index contributed by atoms with van der Waals surface area (Å²) in [6.45, 7) is 8.65. The highest BCUT2D eigenvalue weighted by Gasteiger charge is 2.19. The normalized spacial score (nSPS) is 12.6. The Balaban J connectivity index is 2.38. The van der Waals surface area contributed by atoms with Crippen molar-refractivity contribution < 1.29 is 9.26 Å². The van der Waals surface area contributed by atoms with Gasteiger partial charge in [0.25, 0.3) is 5.89 Å². The van der Waals surface area contributed by atoms with Crippen LogP contribution >= 0.6 is 0 Å². The highest BCUT2D eigenvalue weighted by atomic mass is 16.5. The molecule has 2 N–H and O–H groups in total. The van der Waals surface area contributed by atoms with Gasteiger partial charge < -0.3 is 15.0 Å². The van der Waals surface area contributed by atoms with Gasteiger partial charge in [-0.1, -0.05) is 12.1 Å². The number of hydrogen-bond acceptors (Lipinski definition) is 5. The number of benzene rings is 1. The highest BCUT2D eigenvalue weighted by molar-refractivity contribution is 5.66. The second-order valence-electron chi connectivity index (χ2n) is 4.82. The number of nitrogens with zero attached hydrogens (tertiary/aromatic N) is 2. The first-order chi connectivity index (χ1) is 9.56. The minimum absolute atomic E-state index is 0.125. The van der Waals surface area contributed by atoms with Crippen molar-refractivity contribution in [2.45, 2.75) is 40.2 Å². The minimum atomic E-state index is -0.125. The van der Waals surface area contributed by atoms with Gasteiger partial charge in [0, 0.05) is 17.9 Å². The lowest BCUT2D eigenvalue weighted by Gasteiger charge is -2.09. The maximum atomic E-state index is 5.89. The molecule has 2 aromatic rings. The van der Waals surface area contributed by atoms with Crippen LogP contribution in [0.5, 0.6) is 0 Å². The second-order valence-corrected chi connectivity index (χ2v) is 4.82. The summed E-state index contributed by atoms with van der Waals surface area (Å²) in [7, 11) is 0. The lowest BCUT2D eigenvalue weighted by atomic mass is 10.0. The van der Waals surface area contributed by atoms with E-state index in [2.05, 4.69) is 10.1 Å². The van der Waals surface area contributed by atoms with Gasteiger partial charge in [0.15, 0.2) is 0 Å². The highest BCUT2D eigenvalue weighted by Crippen LogP contribution is 2.28. The molecular formula is C15H21N3O2. The number of aromatic nitrogens is 2. The van der Waals surface area contributed by atoms with Crippen molar-refractivity contribution >= 4 is 5.69 Å². The zero-order valence-electron chi connectivity index (χ0n) is 12.4. The minimum Gasteiger partial charge on any atom is -0.399 e. The summed E-state index contributed by atoms with van der Waals surface area (Å²) in [5, 5.41) is 4.03. The molecule has 0 saturated heterocycles. The monoisotopic (exact) mass is 275 g/mol. The molecule has 1 atom stereocenters. The molecule has 0 aliphatic carbocycles. The molecule has 1 unspecified atom stereocenters. The van der Waals surface area contributed by atoms with Crippen LogP contribution in [0.4, 0.5) is 5.69 Å². The Morgan fingerprint density at radius 1 is 1.30 bits per heavy atom. The molecule has 1 heterocycles. The standard InChI is InChI=1S/C15H21N3O2/c1-5-13(19-6-2)14-17-15(20-18-14)12-8-11(16)7-9(3)10(12)4/h7-8,13H,5-6,16H2,1-4H3. The van der Waals surface area contributed by atoms with Gasteiger partial charge in [-0.2, -0.15) is 4.98 Å². The fraction of sp³-hybridized carbons (Fsp3) is 0.467. The van der Waals surface area contributed by atoms with Crippen molar-refractivity contribution in [3.63, 3.8) is 0 Å². The molecule has 0 fully saturated rings. The zero-order valence-corrected chi connectivity index (χ0v) is 12.4. The Morgan fingerprint density at radius 3 is 2.70 bits per heavy atom. The van der Waals surface area contributed by atoms with Crippen molar-refractivity contribution in [3.8, 4) is 11.5 Å². The maximum absolute atomic E-state index is 5.89. The number of rotatable bonds is 5. The van der Waals surface area contributed by atoms with Crippen LogP contribution in [-0.2, 0) is 4.74 Å². The van der Waals surface area contributed by atoms with Gasteiger partial charge >= 0.3 is 0 Å². The molecule has 5 heteroatoms. The average Bonchev–Trinajstić information content (AvgIpc) is 2.89. The van der Waals surface area contributed by atoms with Crippen LogP contribution in [0, 0.1) is 13.8 Å². The first kappa shape index (κ1) is 14.5. The van der Waals surface area contributed by atoms with Crippen molar-refractivity contribution in [1.82, 2.24) is 10.1 Å². The predicted molar refractivity (Wildman–Crippen MR) is 78.3 cm³/mol. The second kappa shape index (κ2) is 6.05. The molecule has 1 aromatic carbocycles. The topological polar surface area (TPSA) is 74.2 Å². The third-order valence-corrected chi connectivity index (χ3v) is 3.39. The summed E-state index contributed by atoms with van der Waals surface area (Å²) < 4.78 is 11.0. The average molecular weight is 275 g/mol. The molecule has 0 bridgehead atoms. The van der Waals surface area contributed by atoms with E-state index in [0.717, 1.165) is 23.1 Å². The summed E-state index contributed by atoms with van der Waals surface area (Å²) >= 11 is 0. The molecule has 0 aliphatic rings. The molecule has 108 valence electrons. The molecule has 0 amide bonds. The van der Waals surface area contributed by atoms with Crippen LogP contribution in [0.1, 0.15) is 43.3 Å². The lowest BCUT2D eigenvalue weighted by molar-refractivity contribution is 0.0518. The van der Waals surface area contributed by atoms with Crippen LogP contribution in [0.15, 0.2) is 16.7 Å². The summed E-state index contributed by atoms with van der Waals surface area (Å²) in [6.07, 6.45) is 0.682. The van der Waals surface area contributed by atoms with Crippen molar-refractivity contribution in [1.29, 1.82) is 0 Å². The Labute approximate surface area is 119 Å².